The van der Waals surface area contributed by atoms with Crippen LogP contribution in [0.5, 0.6) is 0 Å². The van der Waals surface area contributed by atoms with E-state index in [-0.39, 0.29) is 11.1 Å². The quantitative estimate of drug-likeness (QED) is 0.745. The van der Waals surface area contributed by atoms with Crippen LogP contribution >= 0.6 is 23.2 Å². The minimum absolute atomic E-state index is 0.278. The maximum atomic E-state index is 12.5. The van der Waals surface area contributed by atoms with Crippen molar-refractivity contribution in [3.8, 4) is 5.69 Å². The molecule has 0 fully saturated rings. The van der Waals surface area contributed by atoms with Gasteiger partial charge in [-0.2, -0.15) is 5.10 Å². The van der Waals surface area contributed by atoms with Gasteiger partial charge in [0.1, 0.15) is 10.7 Å². The van der Waals surface area contributed by atoms with Crippen LogP contribution in [-0.2, 0) is 0 Å². The molecular formula is C17H13Cl2N3O. The molecule has 2 aromatic carbocycles. The van der Waals surface area contributed by atoms with E-state index in [1.807, 2.05) is 30.3 Å². The highest BCUT2D eigenvalue weighted by atomic mass is 35.5. The number of halogens is 2. The van der Waals surface area contributed by atoms with Crippen molar-refractivity contribution in [2.45, 2.75) is 6.92 Å². The minimum Gasteiger partial charge on any atom is -0.322 e. The van der Waals surface area contributed by atoms with Crippen LogP contribution in [-0.4, -0.2) is 15.7 Å². The number of rotatable bonds is 3. The number of nitrogens with one attached hydrogen (secondary N) is 1. The van der Waals surface area contributed by atoms with Crippen molar-refractivity contribution >= 4 is 34.8 Å². The largest absolute Gasteiger partial charge is 0.322 e. The van der Waals surface area contributed by atoms with Crippen molar-refractivity contribution in [1.29, 1.82) is 0 Å². The van der Waals surface area contributed by atoms with Gasteiger partial charge in [-0.15, -0.1) is 0 Å². The van der Waals surface area contributed by atoms with Gasteiger partial charge in [-0.3, -0.25) is 4.79 Å². The molecule has 0 bridgehead atoms. The van der Waals surface area contributed by atoms with E-state index in [2.05, 4.69) is 10.4 Å². The lowest BCUT2D eigenvalue weighted by molar-refractivity contribution is 0.102. The van der Waals surface area contributed by atoms with Crippen molar-refractivity contribution in [3.63, 3.8) is 0 Å². The van der Waals surface area contributed by atoms with E-state index in [0.717, 1.165) is 5.69 Å². The fourth-order valence-corrected chi connectivity index (χ4v) is 2.71. The Kier molecular flexibility index (Phi) is 4.37. The lowest BCUT2D eigenvalue weighted by atomic mass is 10.2. The minimum atomic E-state index is -0.308. The van der Waals surface area contributed by atoms with Crippen LogP contribution in [0.1, 0.15) is 16.1 Å². The van der Waals surface area contributed by atoms with E-state index in [4.69, 9.17) is 23.2 Å². The first-order valence-electron chi connectivity index (χ1n) is 6.93. The summed E-state index contributed by atoms with van der Waals surface area (Å²) in [4.78, 5) is 12.5. The predicted molar refractivity (Wildman–Crippen MR) is 92.7 cm³/mol. The Hall–Kier alpha value is -2.30. The molecule has 3 rings (SSSR count). The lowest BCUT2D eigenvalue weighted by Gasteiger charge is -2.06. The van der Waals surface area contributed by atoms with Gasteiger partial charge in [-0.1, -0.05) is 41.4 Å². The van der Waals surface area contributed by atoms with Gasteiger partial charge in [0.15, 0.2) is 0 Å². The molecule has 1 amide bonds. The summed E-state index contributed by atoms with van der Waals surface area (Å²) < 4.78 is 1.55. The number of hydrogen-bond donors (Lipinski definition) is 1. The molecule has 0 aliphatic carbocycles. The first kappa shape index (κ1) is 15.6. The third-order valence-electron chi connectivity index (χ3n) is 3.33. The molecule has 23 heavy (non-hydrogen) atoms. The fraction of sp³-hybridized carbons (Fsp3) is 0.0588. The Morgan fingerprint density at radius 2 is 1.70 bits per heavy atom. The Morgan fingerprint density at radius 1 is 1.04 bits per heavy atom. The smallest absolute Gasteiger partial charge is 0.260 e. The fourth-order valence-electron chi connectivity index (χ4n) is 2.22. The first-order chi connectivity index (χ1) is 11.1. The molecule has 0 saturated heterocycles. The van der Waals surface area contributed by atoms with Gasteiger partial charge < -0.3 is 5.32 Å². The summed E-state index contributed by atoms with van der Waals surface area (Å²) in [6, 6.07) is 16.3. The Morgan fingerprint density at radius 3 is 2.35 bits per heavy atom. The zero-order valence-electron chi connectivity index (χ0n) is 12.3. The average molecular weight is 346 g/mol. The lowest BCUT2D eigenvalue weighted by Crippen LogP contribution is -2.13. The maximum Gasteiger partial charge on any atom is 0.260 e. The number of anilines is 1. The van der Waals surface area contributed by atoms with Gasteiger partial charge in [-0.05, 0) is 43.3 Å². The van der Waals surface area contributed by atoms with Gasteiger partial charge in [0, 0.05) is 10.7 Å². The summed E-state index contributed by atoms with van der Waals surface area (Å²) in [5.41, 5.74) is 2.35. The molecule has 3 aromatic rings. The Labute approximate surface area is 143 Å². The van der Waals surface area contributed by atoms with E-state index in [9.17, 15) is 4.79 Å². The molecule has 6 heteroatoms. The third-order valence-corrected chi connectivity index (χ3v) is 3.94. The number of amides is 1. The first-order valence-corrected chi connectivity index (χ1v) is 7.69. The molecule has 4 nitrogen and oxygen atoms in total. The summed E-state index contributed by atoms with van der Waals surface area (Å²) >= 11 is 12.2. The van der Waals surface area contributed by atoms with Gasteiger partial charge in [0.2, 0.25) is 0 Å². The maximum absolute atomic E-state index is 12.5. The highest BCUT2D eigenvalue weighted by Crippen LogP contribution is 2.24. The second-order valence-electron chi connectivity index (χ2n) is 4.96. The molecule has 1 N–H and O–H groups in total. The summed E-state index contributed by atoms with van der Waals surface area (Å²) in [6.45, 7) is 1.75. The second-order valence-corrected chi connectivity index (χ2v) is 5.75. The molecule has 0 unspecified atom stereocenters. The van der Waals surface area contributed by atoms with Crippen molar-refractivity contribution in [2.24, 2.45) is 0 Å². The van der Waals surface area contributed by atoms with Crippen LogP contribution in [0.15, 0.2) is 54.6 Å². The molecule has 1 aromatic heterocycles. The molecule has 1 heterocycles. The van der Waals surface area contributed by atoms with Crippen LogP contribution in [0.4, 0.5) is 5.69 Å². The second kappa shape index (κ2) is 6.44. The van der Waals surface area contributed by atoms with Crippen molar-refractivity contribution < 1.29 is 4.79 Å². The van der Waals surface area contributed by atoms with Crippen molar-refractivity contribution in [2.75, 3.05) is 5.32 Å². The van der Waals surface area contributed by atoms with E-state index in [1.54, 1.807) is 35.9 Å². The Balaban J connectivity index is 1.92. The number of carbonyl (C=O) groups excluding carboxylic acids is 1. The number of hydrogen-bond acceptors (Lipinski definition) is 2. The van der Waals surface area contributed by atoms with Crippen molar-refractivity contribution in [1.82, 2.24) is 9.78 Å². The topological polar surface area (TPSA) is 46.9 Å². The molecular weight excluding hydrogens is 333 g/mol. The van der Waals surface area contributed by atoms with Gasteiger partial charge >= 0.3 is 0 Å². The number of nitrogens with zero attached hydrogens (tertiary/aromatic N) is 2. The van der Waals surface area contributed by atoms with Crippen LogP contribution < -0.4 is 5.32 Å². The SMILES string of the molecule is Cc1nn(-c2ccccc2)c(Cl)c1C(=O)Nc1ccc(Cl)cc1. The standard InChI is InChI=1S/C17H13Cl2N3O/c1-11-15(17(23)20-13-9-7-12(18)8-10-13)16(19)22(21-11)14-5-3-2-4-6-14/h2-10H,1H3,(H,20,23). The zero-order valence-corrected chi connectivity index (χ0v) is 13.8. The molecule has 0 atom stereocenters. The van der Waals surface area contributed by atoms with Gasteiger partial charge in [-0.25, -0.2) is 4.68 Å². The van der Waals surface area contributed by atoms with E-state index in [0.29, 0.717) is 22.0 Å². The van der Waals surface area contributed by atoms with Crippen LogP contribution in [0.3, 0.4) is 0 Å². The zero-order chi connectivity index (χ0) is 16.4. The molecule has 0 saturated carbocycles. The van der Waals surface area contributed by atoms with Crippen LogP contribution in [0.25, 0.3) is 5.69 Å². The van der Waals surface area contributed by atoms with E-state index in [1.165, 1.54) is 0 Å². The molecule has 0 radical (unpaired) electrons. The summed E-state index contributed by atoms with van der Waals surface area (Å²) in [7, 11) is 0. The van der Waals surface area contributed by atoms with Crippen molar-refractivity contribution in [3.05, 3.63) is 76.0 Å². The molecule has 0 aliphatic heterocycles. The summed E-state index contributed by atoms with van der Waals surface area (Å²) in [5.74, 6) is -0.308. The summed E-state index contributed by atoms with van der Waals surface area (Å²) in [6.07, 6.45) is 0. The van der Waals surface area contributed by atoms with E-state index >= 15 is 0 Å². The van der Waals surface area contributed by atoms with E-state index < -0.39 is 0 Å². The molecule has 0 aliphatic rings. The molecule has 0 spiro atoms. The monoisotopic (exact) mass is 345 g/mol. The number of aryl methyl sites for hydroxylation is 1. The number of para-hydroxylation sites is 1. The van der Waals surface area contributed by atoms with Gasteiger partial charge in [0.25, 0.3) is 5.91 Å². The number of benzene rings is 2. The highest BCUT2D eigenvalue weighted by molar-refractivity contribution is 6.34. The van der Waals surface area contributed by atoms with Crippen LogP contribution in [0, 0.1) is 6.92 Å². The summed E-state index contributed by atoms with van der Waals surface area (Å²) in [5, 5.41) is 8.04. The normalized spacial score (nSPS) is 10.6. The third kappa shape index (κ3) is 3.23. The average Bonchev–Trinajstić information content (AvgIpc) is 2.85. The molecule has 116 valence electrons. The van der Waals surface area contributed by atoms with Crippen LogP contribution in [0.2, 0.25) is 10.2 Å². The number of aromatic nitrogens is 2. The van der Waals surface area contributed by atoms with Gasteiger partial charge in [0.05, 0.1) is 11.4 Å². The Bertz CT molecular complexity index is 842. The predicted octanol–water partition coefficient (Wildman–Crippen LogP) is 4.74. The highest BCUT2D eigenvalue weighted by Gasteiger charge is 2.21. The number of carbonyl (C=O) groups is 1.